The molecule has 0 amide bonds. The molecule has 1 aliphatic rings. The van der Waals surface area contributed by atoms with Gasteiger partial charge in [-0.1, -0.05) is 6.42 Å². The van der Waals surface area contributed by atoms with Gasteiger partial charge in [0.05, 0.1) is 12.3 Å². The van der Waals surface area contributed by atoms with Gasteiger partial charge in [-0.05, 0) is 45.1 Å². The first-order chi connectivity index (χ1) is 11.1. The number of fused-ring (bicyclic) bond motifs is 1. The quantitative estimate of drug-likeness (QED) is 0.815. The third kappa shape index (κ3) is 3.07. The molecule has 23 heavy (non-hydrogen) atoms. The number of pyridine rings is 1. The van der Waals surface area contributed by atoms with E-state index in [0.29, 0.717) is 11.4 Å². The number of nitrogens with zero attached hydrogens (tertiary/aromatic N) is 4. The van der Waals surface area contributed by atoms with E-state index in [9.17, 15) is 5.26 Å². The Morgan fingerprint density at radius 3 is 2.70 bits per heavy atom. The van der Waals surface area contributed by atoms with Gasteiger partial charge in [0, 0.05) is 30.1 Å². The molecule has 0 aromatic carbocycles. The third-order valence-electron chi connectivity index (χ3n) is 4.14. The molecule has 0 unspecified atom stereocenters. The van der Waals surface area contributed by atoms with Crippen molar-refractivity contribution < 1.29 is 4.74 Å². The van der Waals surface area contributed by atoms with Crippen LogP contribution in [-0.4, -0.2) is 20.9 Å². The van der Waals surface area contributed by atoms with Gasteiger partial charge in [-0.25, -0.2) is 4.98 Å². The molecule has 1 aliphatic carbocycles. The molecule has 2 aromatic rings. The van der Waals surface area contributed by atoms with Crippen LogP contribution in [0.5, 0.6) is 5.88 Å². The monoisotopic (exact) mass is 310 g/mol. The second-order valence-corrected chi connectivity index (χ2v) is 6.33. The fourth-order valence-corrected chi connectivity index (χ4v) is 3.18. The number of hydrogen-bond donors (Lipinski definition) is 0. The van der Waals surface area contributed by atoms with E-state index in [0.717, 1.165) is 42.5 Å². The molecule has 0 bridgehead atoms. The molecule has 0 aliphatic heterocycles. The Labute approximate surface area is 136 Å². The molecule has 0 saturated heterocycles. The second kappa shape index (κ2) is 6.41. The molecule has 5 nitrogen and oxygen atoms in total. The van der Waals surface area contributed by atoms with E-state index in [1.165, 1.54) is 12.0 Å². The van der Waals surface area contributed by atoms with Crippen LogP contribution < -0.4 is 4.74 Å². The zero-order valence-electron chi connectivity index (χ0n) is 14.0. The fraction of sp³-hybridized carbons (Fsp3) is 0.500. The maximum Gasteiger partial charge on any atom is 0.232 e. The second-order valence-electron chi connectivity index (χ2n) is 6.33. The van der Waals surface area contributed by atoms with Crippen LogP contribution in [0.15, 0.2) is 12.4 Å². The molecule has 2 aromatic heterocycles. The van der Waals surface area contributed by atoms with Gasteiger partial charge in [0.25, 0.3) is 0 Å². The van der Waals surface area contributed by atoms with Crippen molar-refractivity contribution in [2.75, 3.05) is 0 Å². The summed E-state index contributed by atoms with van der Waals surface area (Å²) >= 11 is 0. The first-order valence-corrected chi connectivity index (χ1v) is 8.21. The Hall–Kier alpha value is -2.35. The Balaban J connectivity index is 2.26. The van der Waals surface area contributed by atoms with Crippen molar-refractivity contribution in [3.05, 3.63) is 29.2 Å². The number of nitriles is 1. The van der Waals surface area contributed by atoms with Crippen LogP contribution in [0.3, 0.4) is 0 Å². The summed E-state index contributed by atoms with van der Waals surface area (Å²) in [7, 11) is 1.89. The minimum atomic E-state index is -0.0137. The molecule has 0 spiro atoms. The maximum atomic E-state index is 9.75. The highest BCUT2D eigenvalue weighted by Crippen LogP contribution is 2.37. The van der Waals surface area contributed by atoms with Crippen LogP contribution >= 0.6 is 0 Å². The van der Waals surface area contributed by atoms with Crippen molar-refractivity contribution in [1.29, 1.82) is 5.26 Å². The summed E-state index contributed by atoms with van der Waals surface area (Å²) in [6.45, 7) is 3.91. The molecule has 0 atom stereocenters. The minimum absolute atomic E-state index is 0.0137. The molecule has 0 fully saturated rings. The standard InChI is InChI=1S/C18H22N4O/c1-12(2)23-18-15(9-19)17(13-10-20-22(3)11-13)14-7-5-4-6-8-16(14)21-18/h10-12H,4-8H2,1-3H3. The lowest BCUT2D eigenvalue weighted by Crippen LogP contribution is -2.12. The van der Waals surface area contributed by atoms with E-state index in [4.69, 9.17) is 9.72 Å². The molecule has 2 heterocycles. The van der Waals surface area contributed by atoms with E-state index < -0.39 is 0 Å². The van der Waals surface area contributed by atoms with Gasteiger partial charge in [-0.15, -0.1) is 0 Å². The minimum Gasteiger partial charge on any atom is -0.474 e. The predicted octanol–water partition coefficient (Wildman–Crippen LogP) is 3.41. The fourth-order valence-electron chi connectivity index (χ4n) is 3.18. The van der Waals surface area contributed by atoms with E-state index in [1.807, 2.05) is 33.3 Å². The summed E-state index contributed by atoms with van der Waals surface area (Å²) in [6.07, 6.45) is 9.15. The Morgan fingerprint density at radius 2 is 2.04 bits per heavy atom. The topological polar surface area (TPSA) is 63.7 Å². The largest absolute Gasteiger partial charge is 0.474 e. The van der Waals surface area contributed by atoms with Crippen LogP contribution in [0, 0.1) is 11.3 Å². The van der Waals surface area contributed by atoms with Crippen molar-refractivity contribution in [1.82, 2.24) is 14.8 Å². The Morgan fingerprint density at radius 1 is 1.26 bits per heavy atom. The summed E-state index contributed by atoms with van der Waals surface area (Å²) in [5.41, 5.74) is 4.74. The number of ether oxygens (including phenoxy) is 1. The highest BCUT2D eigenvalue weighted by Gasteiger charge is 2.24. The Kier molecular flexibility index (Phi) is 4.33. The smallest absolute Gasteiger partial charge is 0.232 e. The lowest BCUT2D eigenvalue weighted by Gasteiger charge is -2.18. The van der Waals surface area contributed by atoms with Gasteiger partial charge in [-0.3, -0.25) is 4.68 Å². The lowest BCUT2D eigenvalue weighted by molar-refractivity contribution is 0.231. The maximum absolute atomic E-state index is 9.75. The molecular formula is C18H22N4O. The average molecular weight is 310 g/mol. The molecular weight excluding hydrogens is 288 g/mol. The summed E-state index contributed by atoms with van der Waals surface area (Å²) in [4.78, 5) is 4.71. The summed E-state index contributed by atoms with van der Waals surface area (Å²) in [5.74, 6) is 0.460. The summed E-state index contributed by atoms with van der Waals surface area (Å²) in [6, 6.07) is 2.32. The van der Waals surface area contributed by atoms with Gasteiger partial charge < -0.3 is 4.74 Å². The number of aromatic nitrogens is 3. The lowest BCUT2D eigenvalue weighted by atomic mass is 9.94. The van der Waals surface area contributed by atoms with Gasteiger partial charge in [0.1, 0.15) is 11.6 Å². The molecule has 5 heteroatoms. The highest BCUT2D eigenvalue weighted by atomic mass is 16.5. The van der Waals surface area contributed by atoms with E-state index in [-0.39, 0.29) is 6.10 Å². The van der Waals surface area contributed by atoms with Crippen molar-refractivity contribution in [3.63, 3.8) is 0 Å². The first kappa shape index (κ1) is 15.5. The number of rotatable bonds is 3. The Bertz CT molecular complexity index is 755. The summed E-state index contributed by atoms with van der Waals surface area (Å²) in [5, 5.41) is 14.0. The van der Waals surface area contributed by atoms with Crippen molar-refractivity contribution >= 4 is 0 Å². The van der Waals surface area contributed by atoms with Crippen LogP contribution in [0.1, 0.15) is 49.9 Å². The van der Waals surface area contributed by atoms with E-state index in [2.05, 4.69) is 11.2 Å². The van der Waals surface area contributed by atoms with Crippen LogP contribution in [0.4, 0.5) is 0 Å². The van der Waals surface area contributed by atoms with Gasteiger partial charge in [-0.2, -0.15) is 10.4 Å². The molecule has 3 rings (SSSR count). The molecule has 0 saturated carbocycles. The normalized spacial score (nSPS) is 14.2. The van der Waals surface area contributed by atoms with Crippen LogP contribution in [-0.2, 0) is 19.9 Å². The zero-order chi connectivity index (χ0) is 16.4. The number of aryl methyl sites for hydroxylation is 2. The third-order valence-corrected chi connectivity index (χ3v) is 4.14. The van der Waals surface area contributed by atoms with Gasteiger partial charge in [0.15, 0.2) is 0 Å². The van der Waals surface area contributed by atoms with Gasteiger partial charge >= 0.3 is 0 Å². The molecule has 120 valence electrons. The van der Waals surface area contributed by atoms with Gasteiger partial charge in [0.2, 0.25) is 5.88 Å². The van der Waals surface area contributed by atoms with Crippen molar-refractivity contribution in [2.45, 2.75) is 52.1 Å². The van der Waals surface area contributed by atoms with E-state index >= 15 is 0 Å². The summed E-state index contributed by atoms with van der Waals surface area (Å²) < 4.78 is 7.62. The molecule has 0 radical (unpaired) electrons. The van der Waals surface area contributed by atoms with Crippen LogP contribution in [0.25, 0.3) is 11.1 Å². The van der Waals surface area contributed by atoms with Crippen molar-refractivity contribution in [2.24, 2.45) is 7.05 Å². The highest BCUT2D eigenvalue weighted by molar-refractivity contribution is 5.76. The van der Waals surface area contributed by atoms with E-state index in [1.54, 1.807) is 4.68 Å². The predicted molar refractivity (Wildman–Crippen MR) is 88.2 cm³/mol. The SMILES string of the molecule is CC(C)Oc1nc2c(c(-c3cnn(C)c3)c1C#N)CCCCC2. The van der Waals surface area contributed by atoms with Crippen LogP contribution in [0.2, 0.25) is 0 Å². The molecule has 0 N–H and O–H groups in total. The van der Waals surface area contributed by atoms with Crippen molar-refractivity contribution in [3.8, 4) is 23.1 Å². The zero-order valence-corrected chi connectivity index (χ0v) is 14.0. The average Bonchev–Trinajstić information content (AvgIpc) is 2.79. The number of hydrogen-bond acceptors (Lipinski definition) is 4. The first-order valence-electron chi connectivity index (χ1n) is 8.21.